The Labute approximate surface area is 349 Å². The summed E-state index contributed by atoms with van der Waals surface area (Å²) in [5.74, 6) is 1.18. The number of nitrogens with zero attached hydrogens (tertiary/aromatic N) is 4. The molecule has 0 aliphatic carbocycles. The number of pyridine rings is 2. The van der Waals surface area contributed by atoms with Crippen LogP contribution >= 0.6 is 0 Å². The van der Waals surface area contributed by atoms with E-state index in [-0.39, 0.29) is 21.1 Å². The average molecular weight is 924 g/mol. The largest absolute Gasteiger partial charge is 2.00 e. The predicted octanol–water partition coefficient (Wildman–Crippen LogP) is 12.2. The van der Waals surface area contributed by atoms with Crippen LogP contribution in [0.3, 0.4) is 0 Å². The minimum absolute atomic E-state index is 0. The molecule has 7 aromatic carbocycles. The van der Waals surface area contributed by atoms with Crippen LogP contribution in [0.5, 0.6) is 11.5 Å². The monoisotopic (exact) mass is 923 g/mol. The van der Waals surface area contributed by atoms with Gasteiger partial charge < -0.3 is 13.7 Å². The third-order valence-corrected chi connectivity index (χ3v) is 11.8. The molecule has 12 rings (SSSR count). The van der Waals surface area contributed by atoms with Gasteiger partial charge in [-0.05, 0) is 52.8 Å². The number of benzene rings is 7. The molecule has 6 heteroatoms. The Balaban J connectivity index is 0.00000385. The molecule has 58 heavy (non-hydrogen) atoms. The van der Waals surface area contributed by atoms with Crippen molar-refractivity contribution in [2.75, 3.05) is 0 Å². The van der Waals surface area contributed by atoms with E-state index in [4.69, 9.17) is 14.7 Å². The topological polar surface area (TPSA) is 44.4 Å². The summed E-state index contributed by atoms with van der Waals surface area (Å²) < 4.78 is 11.3. The summed E-state index contributed by atoms with van der Waals surface area (Å²) >= 11 is 0. The van der Waals surface area contributed by atoms with Crippen LogP contribution in [0.25, 0.3) is 66.2 Å². The van der Waals surface area contributed by atoms with Crippen LogP contribution in [0, 0.1) is 19.1 Å². The first-order valence-corrected chi connectivity index (χ1v) is 19.2. The first-order valence-electron chi connectivity index (χ1n) is 19.2. The van der Waals surface area contributed by atoms with E-state index in [0.29, 0.717) is 11.5 Å². The zero-order valence-corrected chi connectivity index (χ0v) is 33.5. The number of imidazole rings is 1. The Morgan fingerprint density at radius 1 is 0.569 bits per heavy atom. The number of hydrogen-bond donors (Lipinski definition) is 0. The summed E-state index contributed by atoms with van der Waals surface area (Å²) in [6.07, 6.45) is 4.01. The second-order valence-corrected chi connectivity index (χ2v) is 14.8. The van der Waals surface area contributed by atoms with Crippen molar-refractivity contribution < 1.29 is 25.8 Å². The van der Waals surface area contributed by atoms with Gasteiger partial charge in [0.05, 0.1) is 16.9 Å². The molecule has 0 bridgehead atoms. The summed E-state index contributed by atoms with van der Waals surface area (Å²) in [6.45, 7) is 2.13. The molecule has 0 saturated carbocycles. The van der Waals surface area contributed by atoms with E-state index in [0.717, 1.165) is 71.8 Å². The van der Waals surface area contributed by atoms with Crippen LogP contribution in [-0.2, 0) is 26.5 Å². The van der Waals surface area contributed by atoms with Gasteiger partial charge in [0, 0.05) is 51.2 Å². The quantitative estimate of drug-likeness (QED) is 0.128. The van der Waals surface area contributed by atoms with Gasteiger partial charge in [-0.1, -0.05) is 144 Å². The van der Waals surface area contributed by atoms with Crippen molar-refractivity contribution in [3.8, 4) is 28.4 Å². The number of aryl methyl sites for hydroxylation is 1. The molecular weight excluding hydrogens is 892 g/mol. The first kappa shape index (κ1) is 34.4. The molecule has 0 N–H and O–H groups in total. The Kier molecular flexibility index (Phi) is 7.79. The molecular formula is C52H32N4OPt. The van der Waals surface area contributed by atoms with Crippen LogP contribution in [0.2, 0.25) is 0 Å². The van der Waals surface area contributed by atoms with Crippen molar-refractivity contribution in [3.05, 3.63) is 216 Å². The van der Waals surface area contributed by atoms with Gasteiger partial charge in [-0.15, -0.1) is 29.8 Å². The van der Waals surface area contributed by atoms with E-state index < -0.39 is 5.41 Å². The second-order valence-electron chi connectivity index (χ2n) is 14.8. The molecule has 0 fully saturated rings. The van der Waals surface area contributed by atoms with Crippen LogP contribution in [-0.4, -0.2) is 18.9 Å². The fourth-order valence-corrected chi connectivity index (χ4v) is 9.42. The standard InChI is InChI=1S/C52H32N4O.Pt/c1-33-14-8-9-19-38(33)46-32-55-47-24-11-10-20-40(47)39-27-25-36(30-43(39)51(55)54-46)57-37-26-28-44-48(31-37)56-49-41(42-22-13-29-53-50(42)56)21-12-23-45(49)52(44,34-15-4-2-5-16-34)35-17-6-3-7-18-35;/h2-29,32H,1H3;/q-2;+2. The molecule has 0 atom stereocenters. The van der Waals surface area contributed by atoms with E-state index in [2.05, 4.69) is 180 Å². The Morgan fingerprint density at radius 2 is 1.26 bits per heavy atom. The molecule has 1 aliphatic rings. The summed E-state index contributed by atoms with van der Waals surface area (Å²) in [6, 6.07) is 65.2. The van der Waals surface area contributed by atoms with Gasteiger partial charge in [0.15, 0.2) is 0 Å². The van der Waals surface area contributed by atoms with Gasteiger partial charge in [0.25, 0.3) is 0 Å². The predicted molar refractivity (Wildman–Crippen MR) is 229 cm³/mol. The molecule has 4 aromatic heterocycles. The SMILES string of the molecule is Cc1ccccc1-c1cn2c3ccccc3c3ccc(Oc4[c-]c5c(cc4)C(c4ccccc4)(c4ccccc4)c4cccc6c7cccnc7n-5c46)[c-]c3c2n1.[Pt+2]. The molecule has 0 saturated heterocycles. The number of rotatable bonds is 5. The molecule has 1 aliphatic heterocycles. The number of aromatic nitrogens is 4. The normalized spacial score (nSPS) is 12.9. The molecule has 0 unspecified atom stereocenters. The minimum atomic E-state index is -0.631. The van der Waals surface area contributed by atoms with Crippen molar-refractivity contribution >= 4 is 49.3 Å². The maximum Gasteiger partial charge on any atom is 2.00 e. The van der Waals surface area contributed by atoms with Crippen molar-refractivity contribution in [2.45, 2.75) is 12.3 Å². The third kappa shape index (κ3) is 4.80. The fourth-order valence-electron chi connectivity index (χ4n) is 9.42. The fraction of sp³-hybridized carbons (Fsp3) is 0.0385. The summed E-state index contributed by atoms with van der Waals surface area (Å²) in [7, 11) is 0. The van der Waals surface area contributed by atoms with E-state index in [9.17, 15) is 0 Å². The molecule has 5 nitrogen and oxygen atoms in total. The Bertz CT molecular complexity index is 3370. The molecule has 0 radical (unpaired) electrons. The number of fused-ring (bicyclic) bond motifs is 11. The zero-order chi connectivity index (χ0) is 37.7. The zero-order valence-electron chi connectivity index (χ0n) is 31.3. The molecule has 0 spiro atoms. The van der Waals surface area contributed by atoms with Crippen LogP contribution in [0.1, 0.15) is 27.8 Å². The third-order valence-electron chi connectivity index (χ3n) is 11.8. The molecule has 276 valence electrons. The van der Waals surface area contributed by atoms with Crippen molar-refractivity contribution in [2.24, 2.45) is 0 Å². The van der Waals surface area contributed by atoms with E-state index in [1.807, 2.05) is 24.4 Å². The van der Waals surface area contributed by atoms with Gasteiger partial charge in [0.2, 0.25) is 0 Å². The van der Waals surface area contributed by atoms with E-state index in [1.165, 1.54) is 22.3 Å². The molecule has 11 aromatic rings. The number of ether oxygens (including phenoxy) is 1. The van der Waals surface area contributed by atoms with E-state index in [1.54, 1.807) is 0 Å². The van der Waals surface area contributed by atoms with Gasteiger partial charge in [-0.3, -0.25) is 4.98 Å². The summed E-state index contributed by atoms with van der Waals surface area (Å²) in [5, 5.41) is 5.35. The maximum atomic E-state index is 6.79. The van der Waals surface area contributed by atoms with Crippen molar-refractivity contribution in [3.63, 3.8) is 0 Å². The van der Waals surface area contributed by atoms with Crippen molar-refractivity contribution in [1.29, 1.82) is 0 Å². The maximum absolute atomic E-state index is 6.79. The van der Waals surface area contributed by atoms with Gasteiger partial charge >= 0.3 is 21.1 Å². The summed E-state index contributed by atoms with van der Waals surface area (Å²) in [5.41, 5.74) is 12.1. The minimum Gasteiger partial charge on any atom is -0.503 e. The molecule has 5 heterocycles. The van der Waals surface area contributed by atoms with E-state index >= 15 is 0 Å². The Morgan fingerprint density at radius 3 is 2.07 bits per heavy atom. The smallest absolute Gasteiger partial charge is 0.503 e. The number of para-hydroxylation sites is 2. The first-order chi connectivity index (χ1) is 28.2. The van der Waals surface area contributed by atoms with Gasteiger partial charge in [-0.2, -0.15) is 6.07 Å². The van der Waals surface area contributed by atoms with Crippen molar-refractivity contribution in [1.82, 2.24) is 18.9 Å². The van der Waals surface area contributed by atoms with Crippen LogP contribution < -0.4 is 4.74 Å². The van der Waals surface area contributed by atoms with Gasteiger partial charge in [-0.25, -0.2) is 4.98 Å². The van der Waals surface area contributed by atoms with Crippen LogP contribution in [0.15, 0.2) is 176 Å². The summed E-state index contributed by atoms with van der Waals surface area (Å²) in [4.78, 5) is 10.2. The number of hydrogen-bond acceptors (Lipinski definition) is 3. The second kappa shape index (κ2) is 13.1. The molecule has 0 amide bonds. The van der Waals surface area contributed by atoms with Gasteiger partial charge in [0.1, 0.15) is 5.65 Å². The van der Waals surface area contributed by atoms with Crippen LogP contribution in [0.4, 0.5) is 0 Å². The Hall–Kier alpha value is -6.81. The average Bonchev–Trinajstić information content (AvgIpc) is 3.87.